The summed E-state index contributed by atoms with van der Waals surface area (Å²) < 4.78 is 2.30. The van der Waals surface area contributed by atoms with Crippen LogP contribution in [-0.4, -0.2) is 6.54 Å². The highest BCUT2D eigenvalue weighted by molar-refractivity contribution is 9.10. The van der Waals surface area contributed by atoms with Gasteiger partial charge in [-0.1, -0.05) is 35.0 Å². The number of rotatable bonds is 5. The Balaban J connectivity index is 2.14. The highest BCUT2D eigenvalue weighted by Crippen LogP contribution is 2.26. The van der Waals surface area contributed by atoms with Crippen molar-refractivity contribution in [1.29, 1.82) is 0 Å². The molecule has 18 heavy (non-hydrogen) atoms. The first-order chi connectivity index (χ1) is 8.69. The SMILES string of the molecule is CCNC(Cc1cc(Br)cs1)c1ccc(Br)cc1. The van der Waals surface area contributed by atoms with Gasteiger partial charge in [0.2, 0.25) is 0 Å². The molecule has 2 rings (SSSR count). The van der Waals surface area contributed by atoms with E-state index < -0.39 is 0 Å². The molecule has 96 valence electrons. The molecule has 0 amide bonds. The van der Waals surface area contributed by atoms with Gasteiger partial charge in [-0.25, -0.2) is 0 Å². The molecule has 0 fully saturated rings. The minimum absolute atomic E-state index is 0.383. The first-order valence-electron chi connectivity index (χ1n) is 5.90. The molecular weight excluding hydrogens is 374 g/mol. The first-order valence-corrected chi connectivity index (χ1v) is 8.37. The third-order valence-corrected chi connectivity index (χ3v) is 5.00. The molecule has 0 aliphatic heterocycles. The fourth-order valence-corrected chi connectivity index (χ4v) is 3.67. The zero-order valence-electron chi connectivity index (χ0n) is 10.1. The quantitative estimate of drug-likeness (QED) is 0.745. The van der Waals surface area contributed by atoms with Crippen LogP contribution in [0, 0.1) is 0 Å². The van der Waals surface area contributed by atoms with Crippen LogP contribution in [0.2, 0.25) is 0 Å². The van der Waals surface area contributed by atoms with E-state index in [1.807, 2.05) is 0 Å². The summed E-state index contributed by atoms with van der Waals surface area (Å²) in [6.45, 7) is 3.13. The number of likely N-dealkylation sites (N-methyl/N-ethyl adjacent to an activating group) is 1. The molecular formula is C14H15Br2NS. The largest absolute Gasteiger partial charge is 0.310 e. The van der Waals surface area contributed by atoms with Crippen molar-refractivity contribution < 1.29 is 0 Å². The Morgan fingerprint density at radius 1 is 1.17 bits per heavy atom. The number of hydrogen-bond donors (Lipinski definition) is 1. The Morgan fingerprint density at radius 3 is 2.44 bits per heavy atom. The van der Waals surface area contributed by atoms with Gasteiger partial charge in [0.25, 0.3) is 0 Å². The van der Waals surface area contributed by atoms with Gasteiger partial charge in [0.05, 0.1) is 0 Å². The van der Waals surface area contributed by atoms with Crippen molar-refractivity contribution in [3.05, 3.63) is 55.1 Å². The van der Waals surface area contributed by atoms with Crippen molar-refractivity contribution in [3.8, 4) is 0 Å². The Labute approximate surface area is 129 Å². The highest BCUT2D eigenvalue weighted by Gasteiger charge is 2.12. The second kappa shape index (κ2) is 6.85. The Bertz CT molecular complexity index is 493. The van der Waals surface area contributed by atoms with Crippen molar-refractivity contribution in [1.82, 2.24) is 5.32 Å². The Kier molecular flexibility index (Phi) is 5.42. The number of halogens is 2. The molecule has 0 aliphatic rings. The van der Waals surface area contributed by atoms with Gasteiger partial charge in [0.15, 0.2) is 0 Å². The van der Waals surface area contributed by atoms with Gasteiger partial charge in [-0.15, -0.1) is 11.3 Å². The van der Waals surface area contributed by atoms with Gasteiger partial charge in [0.1, 0.15) is 0 Å². The van der Waals surface area contributed by atoms with Crippen LogP contribution >= 0.6 is 43.2 Å². The highest BCUT2D eigenvalue weighted by atomic mass is 79.9. The summed E-state index contributed by atoms with van der Waals surface area (Å²) in [7, 11) is 0. The van der Waals surface area contributed by atoms with Crippen molar-refractivity contribution in [3.63, 3.8) is 0 Å². The lowest BCUT2D eigenvalue weighted by atomic mass is 10.0. The van der Waals surface area contributed by atoms with E-state index in [9.17, 15) is 0 Å². The van der Waals surface area contributed by atoms with E-state index in [1.54, 1.807) is 11.3 Å². The van der Waals surface area contributed by atoms with Crippen LogP contribution in [0.4, 0.5) is 0 Å². The molecule has 0 saturated heterocycles. The Hall–Kier alpha value is -0.160. The number of benzene rings is 1. The van der Waals surface area contributed by atoms with Gasteiger partial charge in [0, 0.05) is 31.7 Å². The molecule has 0 bridgehead atoms. The lowest BCUT2D eigenvalue weighted by molar-refractivity contribution is 0.553. The number of nitrogens with one attached hydrogen (secondary N) is 1. The summed E-state index contributed by atoms with van der Waals surface area (Å²) in [5, 5.41) is 5.69. The van der Waals surface area contributed by atoms with E-state index in [0.717, 1.165) is 17.4 Å². The topological polar surface area (TPSA) is 12.0 Å². The summed E-state index contributed by atoms with van der Waals surface area (Å²) in [6.07, 6.45) is 1.03. The van der Waals surface area contributed by atoms with E-state index in [4.69, 9.17) is 0 Å². The first kappa shape index (κ1) is 14.3. The molecule has 0 saturated carbocycles. The lowest BCUT2D eigenvalue weighted by Gasteiger charge is -2.17. The van der Waals surface area contributed by atoms with E-state index in [1.165, 1.54) is 14.9 Å². The smallest absolute Gasteiger partial charge is 0.0368 e. The summed E-state index contributed by atoms with van der Waals surface area (Å²) >= 11 is 8.80. The Morgan fingerprint density at radius 2 is 1.89 bits per heavy atom. The minimum atomic E-state index is 0.383. The molecule has 1 unspecified atom stereocenters. The van der Waals surface area contributed by atoms with Gasteiger partial charge in [-0.05, 0) is 46.2 Å². The van der Waals surface area contributed by atoms with Gasteiger partial charge < -0.3 is 5.32 Å². The molecule has 1 aromatic carbocycles. The van der Waals surface area contributed by atoms with Crippen LogP contribution in [0.3, 0.4) is 0 Å². The molecule has 1 atom stereocenters. The van der Waals surface area contributed by atoms with E-state index in [2.05, 4.69) is 79.8 Å². The van der Waals surface area contributed by atoms with Gasteiger partial charge in [-0.2, -0.15) is 0 Å². The molecule has 0 spiro atoms. The standard InChI is InChI=1S/C14H15Br2NS/c1-2-17-14(8-13-7-12(16)9-18-13)10-3-5-11(15)6-4-10/h3-7,9,14,17H,2,8H2,1H3. The van der Waals surface area contributed by atoms with E-state index >= 15 is 0 Å². The molecule has 1 heterocycles. The van der Waals surface area contributed by atoms with Crippen LogP contribution in [0.25, 0.3) is 0 Å². The zero-order chi connectivity index (χ0) is 13.0. The second-order valence-electron chi connectivity index (χ2n) is 4.10. The average molecular weight is 389 g/mol. The fourth-order valence-electron chi connectivity index (χ4n) is 1.91. The summed E-state index contributed by atoms with van der Waals surface area (Å²) in [6, 6.07) is 11.1. The van der Waals surface area contributed by atoms with Crippen LogP contribution in [-0.2, 0) is 6.42 Å². The van der Waals surface area contributed by atoms with Gasteiger partial charge >= 0.3 is 0 Å². The van der Waals surface area contributed by atoms with Crippen LogP contribution in [0.5, 0.6) is 0 Å². The third kappa shape index (κ3) is 3.92. The van der Waals surface area contributed by atoms with Crippen molar-refractivity contribution in [2.24, 2.45) is 0 Å². The lowest BCUT2D eigenvalue weighted by Crippen LogP contribution is -2.22. The maximum absolute atomic E-state index is 3.55. The number of thiophene rings is 1. The molecule has 4 heteroatoms. The average Bonchev–Trinajstić information content (AvgIpc) is 2.75. The summed E-state index contributed by atoms with van der Waals surface area (Å²) in [4.78, 5) is 1.40. The number of hydrogen-bond acceptors (Lipinski definition) is 2. The zero-order valence-corrected chi connectivity index (χ0v) is 14.1. The maximum Gasteiger partial charge on any atom is 0.0368 e. The summed E-state index contributed by atoms with van der Waals surface area (Å²) in [5.41, 5.74) is 1.34. The molecule has 0 aliphatic carbocycles. The van der Waals surface area contributed by atoms with Crippen molar-refractivity contribution in [2.75, 3.05) is 6.54 Å². The molecule has 2 aromatic rings. The molecule has 1 N–H and O–H groups in total. The van der Waals surface area contributed by atoms with Crippen LogP contribution in [0.1, 0.15) is 23.4 Å². The summed E-state index contributed by atoms with van der Waals surface area (Å²) in [5.74, 6) is 0. The monoisotopic (exact) mass is 387 g/mol. The second-order valence-corrected chi connectivity index (χ2v) is 6.92. The molecule has 1 aromatic heterocycles. The van der Waals surface area contributed by atoms with E-state index in [-0.39, 0.29) is 0 Å². The predicted molar refractivity (Wildman–Crippen MR) is 86.3 cm³/mol. The fraction of sp³-hybridized carbons (Fsp3) is 0.286. The van der Waals surface area contributed by atoms with Crippen molar-refractivity contribution in [2.45, 2.75) is 19.4 Å². The van der Waals surface area contributed by atoms with Crippen molar-refractivity contribution >= 4 is 43.2 Å². The van der Waals surface area contributed by atoms with Gasteiger partial charge in [-0.3, -0.25) is 0 Å². The maximum atomic E-state index is 3.55. The van der Waals surface area contributed by atoms with E-state index in [0.29, 0.717) is 6.04 Å². The molecule has 0 radical (unpaired) electrons. The van der Waals surface area contributed by atoms with Crippen LogP contribution in [0.15, 0.2) is 44.7 Å². The predicted octanol–water partition coefficient (Wildman–Crippen LogP) is 5.17. The van der Waals surface area contributed by atoms with Crippen LogP contribution < -0.4 is 5.32 Å². The molecule has 1 nitrogen and oxygen atoms in total. The third-order valence-electron chi connectivity index (χ3n) is 2.75. The normalized spacial score (nSPS) is 12.6. The minimum Gasteiger partial charge on any atom is -0.310 e.